The fourth-order valence-electron chi connectivity index (χ4n) is 2.32. The number of benzene rings is 1. The van der Waals surface area contributed by atoms with Crippen LogP contribution in [0.25, 0.3) is 5.65 Å². The third-order valence-electron chi connectivity index (χ3n) is 3.50. The lowest BCUT2D eigenvalue weighted by Gasteiger charge is -2.03. The second-order valence-corrected chi connectivity index (χ2v) is 5.92. The minimum atomic E-state index is -0.364. The Labute approximate surface area is 150 Å². The summed E-state index contributed by atoms with van der Waals surface area (Å²) in [7, 11) is 0. The Hall–Kier alpha value is -2.73. The summed E-state index contributed by atoms with van der Waals surface area (Å²) in [4.78, 5) is 16.4. The standard InChI is InChI=1S/C18H17ClN4O2/c1-3-9-25-18(24)13-5-4-6-15(10-13)21-22-17-12(2)20-16-8-7-14(19)11-23(16)17/h4-8,10-11H,3,9H2,1-2H3. The maximum atomic E-state index is 11.9. The van der Waals surface area contributed by atoms with E-state index >= 15 is 0 Å². The number of nitrogens with zero attached hydrogens (tertiary/aromatic N) is 4. The third-order valence-corrected chi connectivity index (χ3v) is 3.73. The number of carbonyl (C=O) groups excluding carboxylic acids is 1. The molecule has 0 bridgehead atoms. The van der Waals surface area contributed by atoms with Crippen LogP contribution in [0.15, 0.2) is 52.8 Å². The molecular weight excluding hydrogens is 340 g/mol. The van der Waals surface area contributed by atoms with Crippen molar-refractivity contribution in [3.05, 3.63) is 58.9 Å². The Balaban J connectivity index is 1.89. The molecule has 3 aromatic rings. The maximum absolute atomic E-state index is 11.9. The number of hydrogen-bond acceptors (Lipinski definition) is 5. The van der Waals surface area contributed by atoms with Gasteiger partial charge in [0.05, 0.1) is 28.6 Å². The van der Waals surface area contributed by atoms with E-state index < -0.39 is 0 Å². The average molecular weight is 357 g/mol. The van der Waals surface area contributed by atoms with Crippen LogP contribution in [-0.4, -0.2) is 22.0 Å². The van der Waals surface area contributed by atoms with E-state index in [-0.39, 0.29) is 5.97 Å². The monoisotopic (exact) mass is 356 g/mol. The van der Waals surface area contributed by atoms with Crippen LogP contribution in [0.4, 0.5) is 11.5 Å². The summed E-state index contributed by atoms with van der Waals surface area (Å²) in [6, 6.07) is 10.4. The highest BCUT2D eigenvalue weighted by molar-refractivity contribution is 6.30. The summed E-state index contributed by atoms with van der Waals surface area (Å²) in [5.41, 5.74) is 2.49. The summed E-state index contributed by atoms with van der Waals surface area (Å²) in [5.74, 6) is 0.230. The third kappa shape index (κ3) is 3.85. The minimum absolute atomic E-state index is 0.364. The van der Waals surface area contributed by atoms with Crippen molar-refractivity contribution in [1.82, 2.24) is 9.38 Å². The Bertz CT molecular complexity index is 949. The number of aryl methyl sites for hydroxylation is 1. The van der Waals surface area contributed by atoms with Gasteiger partial charge in [0.25, 0.3) is 0 Å². The lowest BCUT2D eigenvalue weighted by molar-refractivity contribution is 0.0505. The quantitative estimate of drug-likeness (QED) is 0.461. The molecule has 0 aliphatic rings. The second kappa shape index (κ2) is 7.44. The van der Waals surface area contributed by atoms with E-state index in [1.807, 2.05) is 19.9 Å². The van der Waals surface area contributed by atoms with Crippen LogP contribution in [0.3, 0.4) is 0 Å². The van der Waals surface area contributed by atoms with E-state index in [1.165, 1.54) is 0 Å². The van der Waals surface area contributed by atoms with Crippen molar-refractivity contribution in [2.24, 2.45) is 10.2 Å². The van der Waals surface area contributed by atoms with E-state index in [9.17, 15) is 4.79 Å². The van der Waals surface area contributed by atoms with E-state index in [0.29, 0.717) is 28.7 Å². The summed E-state index contributed by atoms with van der Waals surface area (Å²) in [6.07, 6.45) is 2.52. The zero-order chi connectivity index (χ0) is 17.8. The van der Waals surface area contributed by atoms with Gasteiger partial charge in [0.15, 0.2) is 5.82 Å². The summed E-state index contributed by atoms with van der Waals surface area (Å²) in [5, 5.41) is 9.09. The van der Waals surface area contributed by atoms with Crippen LogP contribution in [0.2, 0.25) is 5.02 Å². The number of azo groups is 1. The van der Waals surface area contributed by atoms with Gasteiger partial charge in [-0.2, -0.15) is 0 Å². The molecule has 0 amide bonds. The first-order valence-corrected chi connectivity index (χ1v) is 8.29. The van der Waals surface area contributed by atoms with Gasteiger partial charge in [0.1, 0.15) is 5.65 Å². The van der Waals surface area contributed by atoms with Gasteiger partial charge in [0.2, 0.25) is 0 Å². The summed E-state index contributed by atoms with van der Waals surface area (Å²) >= 11 is 6.04. The summed E-state index contributed by atoms with van der Waals surface area (Å²) < 4.78 is 6.91. The SMILES string of the molecule is CCCOC(=O)c1cccc(N=Nc2c(C)nc3ccc(Cl)cn23)c1. The average Bonchev–Trinajstić information content (AvgIpc) is 2.92. The zero-order valence-electron chi connectivity index (χ0n) is 13.9. The number of imidazole rings is 1. The topological polar surface area (TPSA) is 68.3 Å². The molecule has 0 atom stereocenters. The lowest BCUT2D eigenvalue weighted by Crippen LogP contribution is -2.05. The van der Waals surface area contributed by atoms with Crippen LogP contribution < -0.4 is 0 Å². The number of aromatic nitrogens is 2. The Morgan fingerprint density at radius 1 is 1.28 bits per heavy atom. The van der Waals surface area contributed by atoms with Crippen molar-refractivity contribution < 1.29 is 9.53 Å². The van der Waals surface area contributed by atoms with Gasteiger partial charge in [-0.15, -0.1) is 10.2 Å². The van der Waals surface area contributed by atoms with Crippen LogP contribution in [0.1, 0.15) is 29.4 Å². The molecule has 1 aromatic carbocycles. The number of halogens is 1. The molecule has 0 fully saturated rings. The van der Waals surface area contributed by atoms with Gasteiger partial charge in [-0.1, -0.05) is 24.6 Å². The Morgan fingerprint density at radius 2 is 2.12 bits per heavy atom. The first kappa shape index (κ1) is 17.1. The molecule has 7 heteroatoms. The number of hydrogen-bond donors (Lipinski definition) is 0. The highest BCUT2D eigenvalue weighted by Gasteiger charge is 2.09. The first-order chi connectivity index (χ1) is 12.1. The van der Waals surface area contributed by atoms with Crippen molar-refractivity contribution in [2.45, 2.75) is 20.3 Å². The largest absolute Gasteiger partial charge is 0.462 e. The normalized spacial score (nSPS) is 11.3. The highest BCUT2D eigenvalue weighted by atomic mass is 35.5. The van der Waals surface area contributed by atoms with E-state index in [2.05, 4.69) is 15.2 Å². The van der Waals surface area contributed by atoms with Crippen LogP contribution in [0.5, 0.6) is 0 Å². The maximum Gasteiger partial charge on any atom is 0.338 e. The fourth-order valence-corrected chi connectivity index (χ4v) is 2.48. The number of esters is 1. The number of ether oxygens (including phenoxy) is 1. The number of rotatable bonds is 5. The van der Waals surface area contributed by atoms with Gasteiger partial charge in [-0.25, -0.2) is 9.78 Å². The molecule has 2 aromatic heterocycles. The summed E-state index contributed by atoms with van der Waals surface area (Å²) in [6.45, 7) is 4.20. The smallest absolute Gasteiger partial charge is 0.338 e. The first-order valence-electron chi connectivity index (χ1n) is 7.91. The number of carbonyl (C=O) groups is 1. The van der Waals surface area contributed by atoms with Crippen molar-refractivity contribution in [3.63, 3.8) is 0 Å². The number of fused-ring (bicyclic) bond motifs is 1. The molecule has 0 aliphatic carbocycles. The molecule has 0 spiro atoms. The van der Waals surface area contributed by atoms with Crippen LogP contribution >= 0.6 is 11.6 Å². The van der Waals surface area contributed by atoms with Gasteiger partial charge >= 0.3 is 5.97 Å². The molecule has 25 heavy (non-hydrogen) atoms. The molecule has 6 nitrogen and oxygen atoms in total. The molecule has 0 radical (unpaired) electrons. The van der Waals surface area contributed by atoms with Crippen molar-refractivity contribution in [2.75, 3.05) is 6.61 Å². The molecule has 3 rings (SSSR count). The molecule has 0 unspecified atom stereocenters. The molecule has 2 heterocycles. The number of pyridine rings is 1. The van der Waals surface area contributed by atoms with E-state index in [4.69, 9.17) is 16.3 Å². The predicted molar refractivity (Wildman–Crippen MR) is 96.1 cm³/mol. The van der Waals surface area contributed by atoms with Crippen molar-refractivity contribution in [3.8, 4) is 0 Å². The van der Waals surface area contributed by atoms with Crippen molar-refractivity contribution >= 4 is 34.7 Å². The van der Waals surface area contributed by atoms with E-state index in [1.54, 1.807) is 40.9 Å². The van der Waals surface area contributed by atoms with Gasteiger partial charge in [-0.3, -0.25) is 4.40 Å². The minimum Gasteiger partial charge on any atom is -0.462 e. The molecule has 0 aliphatic heterocycles. The predicted octanol–water partition coefficient (Wildman–Crippen LogP) is 5.28. The van der Waals surface area contributed by atoms with E-state index in [0.717, 1.165) is 17.8 Å². The van der Waals surface area contributed by atoms with Crippen LogP contribution in [-0.2, 0) is 4.74 Å². The fraction of sp³-hybridized carbons (Fsp3) is 0.222. The second-order valence-electron chi connectivity index (χ2n) is 5.48. The zero-order valence-corrected chi connectivity index (χ0v) is 14.7. The Morgan fingerprint density at radius 3 is 2.92 bits per heavy atom. The van der Waals surface area contributed by atoms with Crippen LogP contribution in [0, 0.1) is 6.92 Å². The van der Waals surface area contributed by atoms with Gasteiger partial charge in [0, 0.05) is 6.20 Å². The molecule has 0 saturated heterocycles. The molecule has 0 N–H and O–H groups in total. The van der Waals surface area contributed by atoms with Gasteiger partial charge in [-0.05, 0) is 43.7 Å². The highest BCUT2D eigenvalue weighted by Crippen LogP contribution is 2.25. The van der Waals surface area contributed by atoms with Crippen molar-refractivity contribution in [1.29, 1.82) is 0 Å². The molecule has 128 valence electrons. The Kier molecular flexibility index (Phi) is 5.09. The lowest BCUT2D eigenvalue weighted by atomic mass is 10.2. The molecule has 0 saturated carbocycles. The van der Waals surface area contributed by atoms with Gasteiger partial charge < -0.3 is 4.74 Å². The molecular formula is C18H17ClN4O2.